The lowest BCUT2D eigenvalue weighted by atomic mass is 10.2. The van der Waals surface area contributed by atoms with Crippen LogP contribution in [-0.2, 0) is 10.1 Å². The molecule has 0 N–H and O–H groups in total. The summed E-state index contributed by atoms with van der Waals surface area (Å²) >= 11 is 0. The highest BCUT2D eigenvalue weighted by Gasteiger charge is 2.22. The molecule has 0 bridgehead atoms. The van der Waals surface area contributed by atoms with Gasteiger partial charge in [0, 0.05) is 20.3 Å². The van der Waals surface area contributed by atoms with Gasteiger partial charge in [0.1, 0.15) is 11.0 Å². The third kappa shape index (κ3) is 3.18. The summed E-state index contributed by atoms with van der Waals surface area (Å²) in [5, 5.41) is 9.12. The van der Waals surface area contributed by atoms with Gasteiger partial charge in [0.05, 0.1) is 5.69 Å². The zero-order valence-electron chi connectivity index (χ0n) is 12.4. The zero-order valence-corrected chi connectivity index (χ0v) is 13.3. The van der Waals surface area contributed by atoms with Crippen LogP contribution in [0.25, 0.3) is 0 Å². The Hall–Kier alpha value is -2.59. The van der Waals surface area contributed by atoms with Crippen molar-refractivity contribution < 1.29 is 12.6 Å². The topological polar surface area (TPSA) is 83.3 Å². The third-order valence-corrected chi connectivity index (χ3v) is 4.21. The van der Waals surface area contributed by atoms with Crippen LogP contribution in [0.3, 0.4) is 0 Å². The minimum absolute atomic E-state index is 0.0237. The average Bonchev–Trinajstić information content (AvgIpc) is 2.47. The van der Waals surface area contributed by atoms with Crippen molar-refractivity contribution in [1.29, 1.82) is 5.26 Å². The van der Waals surface area contributed by atoms with Crippen LogP contribution in [0.4, 0.5) is 5.69 Å². The second-order valence-corrected chi connectivity index (χ2v) is 6.41. The van der Waals surface area contributed by atoms with Gasteiger partial charge in [0.2, 0.25) is 5.75 Å². The summed E-state index contributed by atoms with van der Waals surface area (Å²) in [6.45, 7) is 1.86. The minimum Gasteiger partial charge on any atom is -0.374 e. The smallest absolute Gasteiger partial charge is 0.339 e. The molecule has 0 spiro atoms. The number of nitrogens with zero attached hydrogens (tertiary/aromatic N) is 3. The lowest BCUT2D eigenvalue weighted by Crippen LogP contribution is -2.16. The highest BCUT2D eigenvalue weighted by atomic mass is 32.2. The molecule has 0 aliphatic carbocycles. The maximum Gasteiger partial charge on any atom is 0.339 e. The monoisotopic (exact) mass is 317 g/mol. The van der Waals surface area contributed by atoms with Crippen LogP contribution in [0.15, 0.2) is 41.4 Å². The van der Waals surface area contributed by atoms with Crippen LogP contribution in [0.1, 0.15) is 11.3 Å². The largest absolute Gasteiger partial charge is 0.374 e. The van der Waals surface area contributed by atoms with Crippen molar-refractivity contribution in [2.75, 3.05) is 19.0 Å². The van der Waals surface area contributed by atoms with Gasteiger partial charge in [-0.15, -0.1) is 0 Å². The van der Waals surface area contributed by atoms with Crippen LogP contribution < -0.4 is 9.08 Å². The summed E-state index contributed by atoms with van der Waals surface area (Å²) in [5.41, 5.74) is 1.32. The van der Waals surface area contributed by atoms with E-state index in [0.29, 0.717) is 5.69 Å². The van der Waals surface area contributed by atoms with Gasteiger partial charge in [-0.25, -0.2) is 4.98 Å². The van der Waals surface area contributed by atoms with Gasteiger partial charge in [-0.3, -0.25) is 0 Å². The fourth-order valence-electron chi connectivity index (χ4n) is 1.81. The molecule has 0 fully saturated rings. The number of rotatable bonds is 4. The van der Waals surface area contributed by atoms with Crippen LogP contribution in [0, 0.1) is 18.3 Å². The molecule has 0 aliphatic rings. The standard InChI is InChI=1S/C15H15N3O3S/c1-11-4-6-12(7-5-11)22(19,20)21-15-13(10-16)17-9-8-14(15)18(2)3/h4-9H,1-3H3. The van der Waals surface area contributed by atoms with Gasteiger partial charge in [-0.05, 0) is 25.1 Å². The Bertz CT molecular complexity index is 822. The van der Waals surface area contributed by atoms with Gasteiger partial charge in [0.15, 0.2) is 5.69 Å². The summed E-state index contributed by atoms with van der Waals surface area (Å²) in [5.74, 6) is -0.0735. The number of hydrogen-bond acceptors (Lipinski definition) is 6. The molecule has 0 amide bonds. The number of benzene rings is 1. The summed E-state index contributed by atoms with van der Waals surface area (Å²) in [7, 11) is -0.588. The first-order valence-electron chi connectivity index (χ1n) is 6.43. The van der Waals surface area contributed by atoms with Gasteiger partial charge in [0.25, 0.3) is 0 Å². The number of nitriles is 1. The molecular weight excluding hydrogens is 302 g/mol. The van der Waals surface area contributed by atoms with E-state index in [9.17, 15) is 8.42 Å². The molecule has 0 unspecified atom stereocenters. The first-order valence-corrected chi connectivity index (χ1v) is 7.83. The van der Waals surface area contributed by atoms with Crippen molar-refractivity contribution in [3.05, 3.63) is 47.8 Å². The number of hydrogen-bond donors (Lipinski definition) is 0. The van der Waals surface area contributed by atoms with Crippen LogP contribution >= 0.6 is 0 Å². The molecule has 2 rings (SSSR count). The summed E-state index contributed by atoms with van der Waals surface area (Å²) in [4.78, 5) is 5.53. The van der Waals surface area contributed by atoms with E-state index >= 15 is 0 Å². The molecule has 114 valence electrons. The lowest BCUT2D eigenvalue weighted by molar-refractivity contribution is 0.484. The van der Waals surface area contributed by atoms with E-state index in [1.165, 1.54) is 18.3 Å². The Kier molecular flexibility index (Phi) is 4.33. The molecule has 0 saturated carbocycles. The molecule has 22 heavy (non-hydrogen) atoms. The van der Waals surface area contributed by atoms with E-state index in [4.69, 9.17) is 9.44 Å². The van der Waals surface area contributed by atoms with Crippen LogP contribution in [0.5, 0.6) is 5.75 Å². The van der Waals surface area contributed by atoms with Crippen LogP contribution in [0.2, 0.25) is 0 Å². The summed E-state index contributed by atoms with van der Waals surface area (Å²) in [6, 6.07) is 9.71. The van der Waals surface area contributed by atoms with Crippen molar-refractivity contribution in [2.45, 2.75) is 11.8 Å². The first kappa shape index (κ1) is 15.8. The van der Waals surface area contributed by atoms with Crippen molar-refractivity contribution in [3.63, 3.8) is 0 Å². The van der Waals surface area contributed by atoms with Crippen molar-refractivity contribution >= 4 is 15.8 Å². The fourth-order valence-corrected chi connectivity index (χ4v) is 2.76. The summed E-state index contributed by atoms with van der Waals surface area (Å²) < 4.78 is 29.9. The normalized spacial score (nSPS) is 10.8. The average molecular weight is 317 g/mol. The molecule has 0 atom stereocenters. The molecule has 7 heteroatoms. The molecule has 1 heterocycles. The Morgan fingerprint density at radius 3 is 2.36 bits per heavy atom. The van der Waals surface area contributed by atoms with E-state index in [2.05, 4.69) is 4.98 Å². The van der Waals surface area contributed by atoms with E-state index in [-0.39, 0.29) is 16.3 Å². The molecule has 0 radical (unpaired) electrons. The van der Waals surface area contributed by atoms with Crippen molar-refractivity contribution in [1.82, 2.24) is 4.98 Å². The number of anilines is 1. The molecule has 0 aliphatic heterocycles. The maximum atomic E-state index is 12.4. The Morgan fingerprint density at radius 2 is 1.82 bits per heavy atom. The Labute approximate surface area is 129 Å². The predicted molar refractivity (Wildman–Crippen MR) is 82.3 cm³/mol. The maximum absolute atomic E-state index is 12.4. The quantitative estimate of drug-likeness (QED) is 0.803. The second kappa shape index (κ2) is 6.03. The number of pyridine rings is 1. The third-order valence-electron chi connectivity index (χ3n) is 2.97. The van der Waals surface area contributed by atoms with Gasteiger partial charge < -0.3 is 9.08 Å². The lowest BCUT2D eigenvalue weighted by Gasteiger charge is -2.17. The Balaban J connectivity index is 2.50. The second-order valence-electron chi connectivity index (χ2n) is 4.86. The molecule has 0 saturated heterocycles. The zero-order chi connectivity index (χ0) is 16.3. The van der Waals surface area contributed by atoms with E-state index in [1.54, 1.807) is 37.2 Å². The number of aryl methyl sites for hydroxylation is 1. The highest BCUT2D eigenvalue weighted by Crippen LogP contribution is 2.31. The predicted octanol–water partition coefficient (Wildman–Crippen LogP) is 2.10. The van der Waals surface area contributed by atoms with Gasteiger partial charge >= 0.3 is 10.1 Å². The van der Waals surface area contributed by atoms with Gasteiger partial charge in [-0.2, -0.15) is 13.7 Å². The highest BCUT2D eigenvalue weighted by molar-refractivity contribution is 7.87. The fraction of sp³-hybridized carbons (Fsp3) is 0.200. The first-order chi connectivity index (χ1) is 10.3. The summed E-state index contributed by atoms with van der Waals surface area (Å²) in [6.07, 6.45) is 1.43. The number of aromatic nitrogens is 1. The van der Waals surface area contributed by atoms with E-state index in [1.807, 2.05) is 13.0 Å². The molecule has 2 aromatic rings. The Morgan fingerprint density at radius 1 is 1.18 bits per heavy atom. The minimum atomic E-state index is -4.04. The van der Waals surface area contributed by atoms with E-state index < -0.39 is 10.1 Å². The molecular formula is C15H15N3O3S. The molecule has 6 nitrogen and oxygen atoms in total. The van der Waals surface area contributed by atoms with Crippen LogP contribution in [-0.4, -0.2) is 27.5 Å². The molecule has 1 aromatic heterocycles. The van der Waals surface area contributed by atoms with E-state index in [0.717, 1.165) is 5.56 Å². The van der Waals surface area contributed by atoms with Gasteiger partial charge in [-0.1, -0.05) is 17.7 Å². The SMILES string of the molecule is Cc1ccc(S(=O)(=O)Oc2c(N(C)C)ccnc2C#N)cc1. The van der Waals surface area contributed by atoms with Crippen molar-refractivity contribution in [2.24, 2.45) is 0 Å². The molecule has 1 aromatic carbocycles. The van der Waals surface area contributed by atoms with Crippen molar-refractivity contribution in [3.8, 4) is 11.8 Å².